The minimum absolute atomic E-state index is 0.126. The summed E-state index contributed by atoms with van der Waals surface area (Å²) < 4.78 is 3.22. The van der Waals surface area contributed by atoms with Crippen LogP contribution < -0.4 is 10.9 Å². The van der Waals surface area contributed by atoms with E-state index in [1.807, 2.05) is 20.8 Å². The Balaban J connectivity index is 2.20. The predicted molar refractivity (Wildman–Crippen MR) is 82.6 cm³/mol. The SMILES string of the molecule is CCCn1ncnc1C(C)NC(=O)c1ccc(C)n(C)c1=O. The molecule has 1 atom stereocenters. The van der Waals surface area contributed by atoms with Crippen LogP contribution in [-0.4, -0.2) is 25.2 Å². The Kier molecular flexibility index (Phi) is 4.75. The van der Waals surface area contributed by atoms with Gasteiger partial charge in [0.25, 0.3) is 11.5 Å². The van der Waals surface area contributed by atoms with Gasteiger partial charge in [0.1, 0.15) is 17.7 Å². The van der Waals surface area contributed by atoms with Crippen LogP contribution >= 0.6 is 0 Å². The molecule has 2 rings (SSSR count). The number of nitrogens with zero attached hydrogens (tertiary/aromatic N) is 4. The van der Waals surface area contributed by atoms with E-state index in [4.69, 9.17) is 0 Å². The highest BCUT2D eigenvalue weighted by atomic mass is 16.2. The lowest BCUT2D eigenvalue weighted by Gasteiger charge is -2.14. The molecule has 1 N–H and O–H groups in total. The Labute approximate surface area is 129 Å². The van der Waals surface area contributed by atoms with Crippen LogP contribution in [0.4, 0.5) is 0 Å². The normalized spacial score (nSPS) is 12.2. The molecule has 2 heterocycles. The molecule has 1 amide bonds. The number of hydrogen-bond donors (Lipinski definition) is 1. The summed E-state index contributed by atoms with van der Waals surface area (Å²) in [4.78, 5) is 28.6. The van der Waals surface area contributed by atoms with Crippen LogP contribution in [0.5, 0.6) is 0 Å². The van der Waals surface area contributed by atoms with Gasteiger partial charge in [-0.2, -0.15) is 5.10 Å². The summed E-state index contributed by atoms with van der Waals surface area (Å²) in [5.74, 6) is 0.276. The number of carbonyl (C=O) groups excluding carboxylic acids is 1. The smallest absolute Gasteiger partial charge is 0.263 e. The average molecular weight is 303 g/mol. The number of rotatable bonds is 5. The largest absolute Gasteiger partial charge is 0.342 e. The van der Waals surface area contributed by atoms with Crippen molar-refractivity contribution in [2.24, 2.45) is 7.05 Å². The van der Waals surface area contributed by atoms with Crippen LogP contribution in [0.3, 0.4) is 0 Å². The van der Waals surface area contributed by atoms with Crippen LogP contribution in [-0.2, 0) is 13.6 Å². The molecule has 0 aliphatic carbocycles. The standard InChI is InChI=1S/C15H21N5O2/c1-5-8-20-13(16-9-17-20)11(3)18-14(21)12-7-6-10(2)19(4)15(12)22/h6-7,9,11H,5,8H2,1-4H3,(H,18,21). The van der Waals surface area contributed by atoms with Crippen molar-refractivity contribution in [1.82, 2.24) is 24.6 Å². The molecule has 22 heavy (non-hydrogen) atoms. The van der Waals surface area contributed by atoms with E-state index in [1.54, 1.807) is 23.9 Å². The first-order valence-corrected chi connectivity index (χ1v) is 7.31. The number of nitrogens with one attached hydrogen (secondary N) is 1. The number of aromatic nitrogens is 4. The monoisotopic (exact) mass is 303 g/mol. The maximum absolute atomic E-state index is 12.3. The Hall–Kier alpha value is -2.44. The number of aryl methyl sites for hydroxylation is 2. The maximum atomic E-state index is 12.3. The van der Waals surface area contributed by atoms with Crippen molar-refractivity contribution in [3.63, 3.8) is 0 Å². The van der Waals surface area contributed by atoms with Crippen LogP contribution in [0.2, 0.25) is 0 Å². The van der Waals surface area contributed by atoms with E-state index in [0.29, 0.717) is 5.82 Å². The third-order valence-corrected chi connectivity index (χ3v) is 3.62. The van der Waals surface area contributed by atoms with Gasteiger partial charge in [-0.15, -0.1) is 0 Å². The lowest BCUT2D eigenvalue weighted by Crippen LogP contribution is -2.35. The van der Waals surface area contributed by atoms with Crippen molar-refractivity contribution < 1.29 is 4.79 Å². The molecule has 7 heteroatoms. The molecule has 1 unspecified atom stereocenters. The quantitative estimate of drug-likeness (QED) is 0.899. The van der Waals surface area contributed by atoms with E-state index in [2.05, 4.69) is 15.4 Å². The van der Waals surface area contributed by atoms with E-state index in [0.717, 1.165) is 18.7 Å². The van der Waals surface area contributed by atoms with Gasteiger partial charge in [0.2, 0.25) is 0 Å². The van der Waals surface area contributed by atoms with Crippen LogP contribution in [0.1, 0.15) is 48.2 Å². The van der Waals surface area contributed by atoms with Gasteiger partial charge in [0.05, 0.1) is 6.04 Å². The summed E-state index contributed by atoms with van der Waals surface area (Å²) in [6, 6.07) is 2.98. The molecule has 0 aliphatic rings. The topological polar surface area (TPSA) is 81.8 Å². The zero-order chi connectivity index (χ0) is 16.3. The van der Waals surface area contributed by atoms with Gasteiger partial charge >= 0.3 is 0 Å². The zero-order valence-electron chi connectivity index (χ0n) is 13.3. The Bertz CT molecular complexity index is 732. The van der Waals surface area contributed by atoms with E-state index in [1.165, 1.54) is 10.9 Å². The fourth-order valence-electron chi connectivity index (χ4n) is 2.23. The molecule has 2 aromatic heterocycles. The Morgan fingerprint density at radius 1 is 1.41 bits per heavy atom. The lowest BCUT2D eigenvalue weighted by molar-refractivity contribution is 0.0935. The van der Waals surface area contributed by atoms with E-state index in [9.17, 15) is 9.59 Å². The molecule has 0 radical (unpaired) electrons. The van der Waals surface area contributed by atoms with Crippen molar-refractivity contribution in [3.8, 4) is 0 Å². The van der Waals surface area contributed by atoms with Crippen molar-refractivity contribution in [2.45, 2.75) is 39.8 Å². The minimum Gasteiger partial charge on any atom is -0.342 e. The summed E-state index contributed by atoms with van der Waals surface area (Å²) in [5.41, 5.74) is 0.624. The first-order chi connectivity index (χ1) is 10.5. The number of hydrogen-bond acceptors (Lipinski definition) is 4. The first-order valence-electron chi connectivity index (χ1n) is 7.31. The second-order valence-corrected chi connectivity index (χ2v) is 5.29. The van der Waals surface area contributed by atoms with Crippen LogP contribution in [0.15, 0.2) is 23.3 Å². The van der Waals surface area contributed by atoms with Crippen molar-refractivity contribution in [3.05, 3.63) is 45.9 Å². The zero-order valence-corrected chi connectivity index (χ0v) is 13.3. The molecule has 0 spiro atoms. The lowest BCUT2D eigenvalue weighted by atomic mass is 10.2. The third kappa shape index (κ3) is 3.08. The van der Waals surface area contributed by atoms with Gasteiger partial charge in [-0.25, -0.2) is 9.67 Å². The predicted octanol–water partition coefficient (Wildman–Crippen LogP) is 1.19. The van der Waals surface area contributed by atoms with Crippen molar-refractivity contribution in [1.29, 1.82) is 0 Å². The fraction of sp³-hybridized carbons (Fsp3) is 0.467. The average Bonchev–Trinajstić information content (AvgIpc) is 2.93. The van der Waals surface area contributed by atoms with Crippen LogP contribution in [0.25, 0.3) is 0 Å². The molecule has 0 aliphatic heterocycles. The molecule has 0 bridgehead atoms. The molecule has 0 saturated carbocycles. The summed E-state index contributed by atoms with van der Waals surface area (Å²) in [7, 11) is 1.65. The van der Waals surface area contributed by atoms with Gasteiger partial charge in [-0.05, 0) is 32.4 Å². The first kappa shape index (κ1) is 15.9. The van der Waals surface area contributed by atoms with Gasteiger partial charge in [0.15, 0.2) is 0 Å². The molecule has 0 fully saturated rings. The van der Waals surface area contributed by atoms with E-state index in [-0.39, 0.29) is 17.2 Å². The van der Waals surface area contributed by atoms with Gasteiger partial charge in [-0.1, -0.05) is 6.92 Å². The highest BCUT2D eigenvalue weighted by molar-refractivity contribution is 5.94. The highest BCUT2D eigenvalue weighted by Gasteiger charge is 2.18. The third-order valence-electron chi connectivity index (χ3n) is 3.62. The molecule has 7 nitrogen and oxygen atoms in total. The summed E-state index contributed by atoms with van der Waals surface area (Å²) in [6.07, 6.45) is 2.40. The Morgan fingerprint density at radius 2 is 2.14 bits per heavy atom. The van der Waals surface area contributed by atoms with Crippen LogP contribution in [0, 0.1) is 6.92 Å². The van der Waals surface area contributed by atoms with Gasteiger partial charge < -0.3 is 9.88 Å². The highest BCUT2D eigenvalue weighted by Crippen LogP contribution is 2.10. The molecule has 2 aromatic rings. The molecule has 118 valence electrons. The minimum atomic E-state index is -0.404. The van der Waals surface area contributed by atoms with Crippen molar-refractivity contribution >= 4 is 5.91 Å². The second-order valence-electron chi connectivity index (χ2n) is 5.29. The summed E-state index contributed by atoms with van der Waals surface area (Å²) in [6.45, 7) is 6.43. The van der Waals surface area contributed by atoms with Crippen molar-refractivity contribution in [2.75, 3.05) is 0 Å². The van der Waals surface area contributed by atoms with Gasteiger partial charge in [-0.3, -0.25) is 9.59 Å². The molecule has 0 aromatic carbocycles. The maximum Gasteiger partial charge on any atom is 0.263 e. The van der Waals surface area contributed by atoms with E-state index >= 15 is 0 Å². The van der Waals surface area contributed by atoms with Gasteiger partial charge in [0, 0.05) is 19.3 Å². The number of pyridine rings is 1. The van der Waals surface area contributed by atoms with E-state index < -0.39 is 5.91 Å². The number of amides is 1. The molecular weight excluding hydrogens is 282 g/mol. The fourth-order valence-corrected chi connectivity index (χ4v) is 2.23. The summed E-state index contributed by atoms with van der Waals surface area (Å²) in [5, 5.41) is 6.95. The molecule has 0 saturated heterocycles. The number of carbonyl (C=O) groups is 1. The summed E-state index contributed by atoms with van der Waals surface area (Å²) >= 11 is 0. The Morgan fingerprint density at radius 3 is 2.82 bits per heavy atom. The second kappa shape index (κ2) is 6.55. The molecular formula is C15H21N5O2.